The number of aromatic nitrogens is 3. The first-order chi connectivity index (χ1) is 20.2. The van der Waals surface area contributed by atoms with E-state index in [9.17, 15) is 8.78 Å². The third kappa shape index (κ3) is 5.79. The Hall–Kier alpha value is -4.48. The minimum Gasteiger partial charge on any atom is -0.403 e. The maximum absolute atomic E-state index is 14.0. The molecule has 0 unspecified atom stereocenters. The Morgan fingerprint density at radius 1 is 1.21 bits per heavy atom. The number of hydrogen-bond acceptors (Lipinski definition) is 8. The summed E-state index contributed by atoms with van der Waals surface area (Å²) in [6.07, 6.45) is 11.9. The number of allylic oxidation sites excluding steroid dienone is 2. The molecule has 2 aliphatic heterocycles. The van der Waals surface area contributed by atoms with E-state index in [-0.39, 0.29) is 17.7 Å². The standard InChI is InChI=1S/C30H32ClF2N9/c1-18-5-4-6-28(25-14-21(9-11-36-25)29-26(39-20(18)3)16-38-42(29)30(32)33)40-17-37-24(13-19(40)2)23-15-22(31)7-8-27(23)41(35)12-10-34/h7-18,28,30,39H,2-6,34-35H2,1H3/b12-10-/t18-,28+/m1/s1. The van der Waals surface area contributed by atoms with E-state index in [0.29, 0.717) is 55.7 Å². The molecule has 0 saturated carbocycles. The lowest BCUT2D eigenvalue weighted by atomic mass is 9.95. The zero-order chi connectivity index (χ0) is 30.0. The molecule has 0 spiro atoms. The molecule has 9 nitrogen and oxygen atoms in total. The Bertz CT molecular complexity index is 1590. The number of benzene rings is 1. The summed E-state index contributed by atoms with van der Waals surface area (Å²) < 4.78 is 28.7. The zero-order valence-corrected chi connectivity index (χ0v) is 23.8. The average molecular weight is 592 g/mol. The smallest absolute Gasteiger partial charge is 0.333 e. The van der Waals surface area contributed by atoms with E-state index in [2.05, 4.69) is 35.5 Å². The third-order valence-corrected chi connectivity index (χ3v) is 7.67. The Labute approximate surface area is 248 Å². The Morgan fingerprint density at radius 2 is 2.02 bits per heavy atom. The second-order valence-corrected chi connectivity index (χ2v) is 10.6. The Morgan fingerprint density at radius 3 is 2.76 bits per heavy atom. The highest BCUT2D eigenvalue weighted by Gasteiger charge is 2.28. The van der Waals surface area contributed by atoms with Gasteiger partial charge in [-0.1, -0.05) is 38.1 Å². The summed E-state index contributed by atoms with van der Waals surface area (Å²) in [5.74, 6) is 6.27. The normalized spacial score (nSPS) is 19.3. The quantitative estimate of drug-likeness (QED) is 0.221. The van der Waals surface area contributed by atoms with Gasteiger partial charge in [0.15, 0.2) is 0 Å². The molecule has 42 heavy (non-hydrogen) atoms. The number of nitrogens with two attached hydrogens (primary N) is 2. The predicted molar refractivity (Wildman–Crippen MR) is 164 cm³/mol. The lowest BCUT2D eigenvalue weighted by Gasteiger charge is -2.33. The van der Waals surface area contributed by atoms with Gasteiger partial charge in [0, 0.05) is 46.1 Å². The van der Waals surface area contributed by atoms with Crippen LogP contribution in [0.3, 0.4) is 0 Å². The molecule has 0 fully saturated rings. The molecule has 2 aliphatic rings. The summed E-state index contributed by atoms with van der Waals surface area (Å²) in [6, 6.07) is 8.56. The van der Waals surface area contributed by atoms with Crippen molar-refractivity contribution >= 4 is 35.0 Å². The molecule has 0 amide bonds. The zero-order valence-electron chi connectivity index (χ0n) is 23.1. The summed E-state index contributed by atoms with van der Waals surface area (Å²) in [5.41, 5.74) is 10.9. The van der Waals surface area contributed by atoms with Crippen molar-refractivity contribution in [3.05, 3.63) is 102 Å². The van der Waals surface area contributed by atoms with Crippen molar-refractivity contribution < 1.29 is 8.78 Å². The van der Waals surface area contributed by atoms with Crippen LogP contribution in [-0.2, 0) is 0 Å². The number of nitrogens with zero attached hydrogens (tertiary/aromatic N) is 6. The molecule has 4 heterocycles. The number of pyridine rings is 1. The molecule has 12 heteroatoms. The second-order valence-electron chi connectivity index (χ2n) is 10.2. The molecule has 1 aromatic carbocycles. The van der Waals surface area contributed by atoms with Gasteiger partial charge >= 0.3 is 6.55 Å². The molecule has 0 radical (unpaired) electrons. The monoisotopic (exact) mass is 591 g/mol. The number of alkyl halides is 2. The lowest BCUT2D eigenvalue weighted by molar-refractivity contribution is 0.0585. The highest BCUT2D eigenvalue weighted by atomic mass is 35.5. The molecule has 3 aromatic rings. The van der Waals surface area contributed by atoms with Crippen molar-refractivity contribution in [1.82, 2.24) is 19.7 Å². The van der Waals surface area contributed by atoms with Crippen LogP contribution in [0, 0.1) is 5.92 Å². The van der Waals surface area contributed by atoms with E-state index in [1.54, 1.807) is 36.8 Å². The molecule has 5 rings (SSSR count). The van der Waals surface area contributed by atoms with Crippen LogP contribution in [0.4, 0.5) is 20.2 Å². The number of hydrogen-bond donors (Lipinski definition) is 3. The van der Waals surface area contributed by atoms with Crippen molar-refractivity contribution in [2.45, 2.75) is 38.8 Å². The van der Waals surface area contributed by atoms with Gasteiger partial charge in [0.05, 0.1) is 47.0 Å². The molecule has 0 aliphatic carbocycles. The highest BCUT2D eigenvalue weighted by Crippen LogP contribution is 2.39. The van der Waals surface area contributed by atoms with Crippen LogP contribution in [0.25, 0.3) is 17.0 Å². The first kappa shape index (κ1) is 29.0. The van der Waals surface area contributed by atoms with Crippen LogP contribution < -0.4 is 21.9 Å². The van der Waals surface area contributed by atoms with Gasteiger partial charge in [-0.3, -0.25) is 9.99 Å². The fourth-order valence-electron chi connectivity index (χ4n) is 5.19. The maximum atomic E-state index is 14.0. The van der Waals surface area contributed by atoms with Gasteiger partial charge in [-0.05, 0) is 55.2 Å². The van der Waals surface area contributed by atoms with Gasteiger partial charge in [0.2, 0.25) is 0 Å². The number of halogens is 3. The largest absolute Gasteiger partial charge is 0.403 e. The average Bonchev–Trinajstić information content (AvgIpc) is 3.39. The third-order valence-electron chi connectivity index (χ3n) is 7.43. The van der Waals surface area contributed by atoms with Crippen LogP contribution in [0.15, 0.2) is 90.7 Å². The molecule has 0 saturated heterocycles. The predicted octanol–water partition coefficient (Wildman–Crippen LogP) is 6.79. The van der Waals surface area contributed by atoms with Crippen molar-refractivity contribution in [2.24, 2.45) is 22.5 Å². The minimum atomic E-state index is -2.82. The van der Waals surface area contributed by atoms with Gasteiger partial charge in [-0.2, -0.15) is 13.9 Å². The van der Waals surface area contributed by atoms with E-state index in [4.69, 9.17) is 28.2 Å². The number of nitrogens with one attached hydrogen (secondary N) is 1. The van der Waals surface area contributed by atoms with Crippen molar-refractivity contribution in [1.29, 1.82) is 0 Å². The minimum absolute atomic E-state index is 0.0897. The van der Waals surface area contributed by atoms with Crippen LogP contribution in [0.2, 0.25) is 5.02 Å². The van der Waals surface area contributed by atoms with Gasteiger partial charge in [-0.15, -0.1) is 0 Å². The molecule has 2 aromatic heterocycles. The number of rotatable bonds is 5. The van der Waals surface area contributed by atoms with Gasteiger partial charge in [-0.25, -0.2) is 15.5 Å². The fraction of sp³-hybridized carbons (Fsp3) is 0.233. The molecule has 5 N–H and O–H groups in total. The summed E-state index contributed by atoms with van der Waals surface area (Å²) in [4.78, 5) is 11.4. The Kier molecular flexibility index (Phi) is 8.41. The summed E-state index contributed by atoms with van der Waals surface area (Å²) in [7, 11) is 0. The maximum Gasteiger partial charge on any atom is 0.333 e. The SMILES string of the molecule is C=C1Nc2cnn(C(F)F)c2-c2ccnc(c2)[C@@H](N2C=NC(c3cc(Cl)ccc3N(N)/C=C\N)=CC2=C)CCC[C@H]1C. The highest BCUT2D eigenvalue weighted by molar-refractivity contribution is 6.30. The fourth-order valence-corrected chi connectivity index (χ4v) is 5.36. The van der Waals surface area contributed by atoms with Crippen molar-refractivity contribution in [3.8, 4) is 11.3 Å². The van der Waals surface area contributed by atoms with E-state index in [1.807, 2.05) is 17.0 Å². The Balaban J connectivity index is 1.54. The topological polar surface area (TPSA) is 114 Å². The molecule has 218 valence electrons. The van der Waals surface area contributed by atoms with E-state index in [1.165, 1.54) is 23.6 Å². The van der Waals surface area contributed by atoms with Crippen LogP contribution >= 0.6 is 11.6 Å². The molecular formula is C30H32ClF2N9. The molecular weight excluding hydrogens is 560 g/mol. The van der Waals surface area contributed by atoms with Crippen molar-refractivity contribution in [2.75, 3.05) is 10.3 Å². The van der Waals surface area contributed by atoms with Crippen LogP contribution in [0.5, 0.6) is 0 Å². The number of fused-ring (bicyclic) bond motifs is 4. The first-order valence-corrected chi connectivity index (χ1v) is 13.8. The lowest BCUT2D eigenvalue weighted by Crippen LogP contribution is -2.29. The van der Waals surface area contributed by atoms with Gasteiger partial charge < -0.3 is 16.0 Å². The summed E-state index contributed by atoms with van der Waals surface area (Å²) >= 11 is 6.32. The second kappa shape index (κ2) is 12.2. The van der Waals surface area contributed by atoms with Crippen LogP contribution in [0.1, 0.15) is 50.0 Å². The van der Waals surface area contributed by atoms with Crippen molar-refractivity contribution in [3.63, 3.8) is 0 Å². The summed E-state index contributed by atoms with van der Waals surface area (Å²) in [6.45, 7) is 7.73. The number of anilines is 2. The van der Waals surface area contributed by atoms with Gasteiger partial charge in [0.1, 0.15) is 0 Å². The molecule has 2 atom stereocenters. The molecule has 2 bridgehead atoms. The van der Waals surface area contributed by atoms with E-state index >= 15 is 0 Å². The first-order valence-electron chi connectivity index (χ1n) is 13.4. The number of aliphatic imine (C=N–C) groups is 1. The number of hydrazine groups is 1. The van der Waals surface area contributed by atoms with Crippen LogP contribution in [-0.4, -0.2) is 26.0 Å². The van der Waals surface area contributed by atoms with E-state index in [0.717, 1.165) is 18.5 Å². The van der Waals surface area contributed by atoms with E-state index < -0.39 is 6.55 Å². The van der Waals surface area contributed by atoms with Gasteiger partial charge in [0.25, 0.3) is 0 Å². The summed E-state index contributed by atoms with van der Waals surface area (Å²) in [5, 5.41) is 9.09.